The van der Waals surface area contributed by atoms with Crippen molar-refractivity contribution in [3.63, 3.8) is 0 Å². The van der Waals surface area contributed by atoms with Gasteiger partial charge in [0.25, 0.3) is 0 Å². The SMILES string of the molecule is Cc1ccc(NCCC(C)N)c(C#N)c1. The molecule has 0 radical (unpaired) electrons. The maximum Gasteiger partial charge on any atom is 0.101 e. The minimum Gasteiger partial charge on any atom is -0.384 e. The van der Waals surface area contributed by atoms with Crippen LogP contribution in [0.2, 0.25) is 0 Å². The van der Waals surface area contributed by atoms with Crippen molar-refractivity contribution >= 4 is 5.69 Å². The van der Waals surface area contributed by atoms with E-state index in [9.17, 15) is 0 Å². The summed E-state index contributed by atoms with van der Waals surface area (Å²) in [6.07, 6.45) is 0.902. The van der Waals surface area contributed by atoms with Crippen molar-refractivity contribution in [2.75, 3.05) is 11.9 Å². The van der Waals surface area contributed by atoms with Gasteiger partial charge < -0.3 is 11.1 Å². The molecule has 0 heterocycles. The van der Waals surface area contributed by atoms with Gasteiger partial charge in [0.15, 0.2) is 0 Å². The van der Waals surface area contributed by atoms with Crippen molar-refractivity contribution in [3.05, 3.63) is 29.3 Å². The fourth-order valence-corrected chi connectivity index (χ4v) is 1.34. The number of nitrogens with zero attached hydrogens (tertiary/aromatic N) is 1. The first-order chi connectivity index (χ1) is 7.13. The predicted molar refractivity (Wildman–Crippen MR) is 62.7 cm³/mol. The summed E-state index contributed by atoms with van der Waals surface area (Å²) in [6, 6.07) is 8.19. The lowest BCUT2D eigenvalue weighted by Crippen LogP contribution is -2.19. The Hall–Kier alpha value is -1.53. The van der Waals surface area contributed by atoms with Crippen LogP contribution in [0.1, 0.15) is 24.5 Å². The minimum absolute atomic E-state index is 0.188. The fourth-order valence-electron chi connectivity index (χ4n) is 1.34. The van der Waals surface area contributed by atoms with Crippen LogP contribution in [0.15, 0.2) is 18.2 Å². The molecular weight excluding hydrogens is 186 g/mol. The molecule has 1 atom stereocenters. The zero-order valence-electron chi connectivity index (χ0n) is 9.25. The first kappa shape index (κ1) is 11.5. The van der Waals surface area contributed by atoms with Gasteiger partial charge in [-0.05, 0) is 38.0 Å². The van der Waals surface area contributed by atoms with E-state index in [1.807, 2.05) is 32.0 Å². The fraction of sp³-hybridized carbons (Fsp3) is 0.417. The normalized spacial score (nSPS) is 11.9. The molecule has 3 heteroatoms. The Morgan fingerprint density at radius 3 is 2.87 bits per heavy atom. The van der Waals surface area contributed by atoms with E-state index in [4.69, 9.17) is 11.0 Å². The molecule has 0 saturated heterocycles. The van der Waals surface area contributed by atoms with E-state index >= 15 is 0 Å². The van der Waals surface area contributed by atoms with Crippen molar-refractivity contribution in [1.82, 2.24) is 0 Å². The molecule has 0 saturated carbocycles. The van der Waals surface area contributed by atoms with Crippen molar-refractivity contribution in [2.24, 2.45) is 5.73 Å². The van der Waals surface area contributed by atoms with Gasteiger partial charge in [0.1, 0.15) is 6.07 Å². The van der Waals surface area contributed by atoms with Gasteiger partial charge in [0.2, 0.25) is 0 Å². The lowest BCUT2D eigenvalue weighted by atomic mass is 10.1. The molecule has 0 amide bonds. The van der Waals surface area contributed by atoms with Gasteiger partial charge in [-0.1, -0.05) is 6.07 Å². The average molecular weight is 203 g/mol. The molecule has 0 spiro atoms. The van der Waals surface area contributed by atoms with E-state index < -0.39 is 0 Å². The van der Waals surface area contributed by atoms with Gasteiger partial charge >= 0.3 is 0 Å². The molecule has 0 aliphatic rings. The number of nitriles is 1. The highest BCUT2D eigenvalue weighted by atomic mass is 14.9. The lowest BCUT2D eigenvalue weighted by Gasteiger charge is -2.10. The minimum atomic E-state index is 0.188. The molecule has 0 bridgehead atoms. The number of hydrogen-bond donors (Lipinski definition) is 2. The molecular formula is C12H17N3. The van der Waals surface area contributed by atoms with Gasteiger partial charge in [0.05, 0.1) is 11.3 Å². The molecule has 1 aromatic rings. The Labute approximate surface area is 90.9 Å². The van der Waals surface area contributed by atoms with Crippen LogP contribution in [0.3, 0.4) is 0 Å². The highest BCUT2D eigenvalue weighted by molar-refractivity contribution is 5.58. The van der Waals surface area contributed by atoms with Gasteiger partial charge in [0, 0.05) is 12.6 Å². The first-order valence-corrected chi connectivity index (χ1v) is 5.13. The summed E-state index contributed by atoms with van der Waals surface area (Å²) in [5.74, 6) is 0. The van der Waals surface area contributed by atoms with E-state index in [-0.39, 0.29) is 6.04 Å². The molecule has 1 unspecified atom stereocenters. The summed E-state index contributed by atoms with van der Waals surface area (Å²) in [5.41, 5.74) is 8.33. The van der Waals surface area contributed by atoms with Crippen LogP contribution in [-0.2, 0) is 0 Å². The van der Waals surface area contributed by atoms with Crippen LogP contribution >= 0.6 is 0 Å². The molecule has 0 aromatic heterocycles. The second-order valence-electron chi connectivity index (χ2n) is 3.85. The number of benzene rings is 1. The quantitative estimate of drug-likeness (QED) is 0.787. The zero-order chi connectivity index (χ0) is 11.3. The van der Waals surface area contributed by atoms with Crippen LogP contribution < -0.4 is 11.1 Å². The van der Waals surface area contributed by atoms with Gasteiger partial charge in [-0.15, -0.1) is 0 Å². The zero-order valence-corrected chi connectivity index (χ0v) is 9.25. The molecule has 1 rings (SSSR count). The summed E-state index contributed by atoms with van der Waals surface area (Å²) in [7, 11) is 0. The van der Waals surface area contributed by atoms with Crippen LogP contribution in [0, 0.1) is 18.3 Å². The summed E-state index contributed by atoms with van der Waals surface area (Å²) >= 11 is 0. The number of nitrogens with one attached hydrogen (secondary N) is 1. The summed E-state index contributed by atoms with van der Waals surface area (Å²) in [4.78, 5) is 0. The largest absolute Gasteiger partial charge is 0.384 e. The highest BCUT2D eigenvalue weighted by Crippen LogP contribution is 2.16. The predicted octanol–water partition coefficient (Wildman–Crippen LogP) is 2.02. The summed E-state index contributed by atoms with van der Waals surface area (Å²) in [5, 5.41) is 12.2. The van der Waals surface area contributed by atoms with E-state index in [1.54, 1.807) is 0 Å². The van der Waals surface area contributed by atoms with Crippen molar-refractivity contribution in [2.45, 2.75) is 26.3 Å². The van der Waals surface area contributed by atoms with Gasteiger partial charge in [-0.25, -0.2) is 0 Å². The molecule has 3 N–H and O–H groups in total. The number of nitrogens with two attached hydrogens (primary N) is 1. The lowest BCUT2D eigenvalue weighted by molar-refractivity contribution is 0.690. The third-order valence-electron chi connectivity index (χ3n) is 2.21. The Balaban J connectivity index is 2.65. The Bertz CT molecular complexity index is 364. The van der Waals surface area contributed by atoms with Crippen LogP contribution in [0.25, 0.3) is 0 Å². The molecule has 0 aliphatic carbocycles. The molecule has 3 nitrogen and oxygen atoms in total. The maximum absolute atomic E-state index is 8.94. The summed E-state index contributed by atoms with van der Waals surface area (Å²) < 4.78 is 0. The third-order valence-corrected chi connectivity index (χ3v) is 2.21. The van der Waals surface area contributed by atoms with E-state index in [2.05, 4.69) is 11.4 Å². The molecule has 80 valence electrons. The molecule has 0 fully saturated rings. The summed E-state index contributed by atoms with van der Waals surface area (Å²) in [6.45, 7) is 4.75. The molecule has 1 aromatic carbocycles. The maximum atomic E-state index is 8.94. The van der Waals surface area contributed by atoms with Gasteiger partial charge in [-0.3, -0.25) is 0 Å². The second kappa shape index (κ2) is 5.38. The molecule has 0 aliphatic heterocycles. The number of rotatable bonds is 4. The van der Waals surface area contributed by atoms with E-state index in [0.29, 0.717) is 5.56 Å². The standard InChI is InChI=1S/C12H17N3/c1-9-3-4-12(11(7-9)8-13)15-6-5-10(2)14/h3-4,7,10,15H,5-6,14H2,1-2H3. The van der Waals surface area contributed by atoms with Crippen molar-refractivity contribution in [3.8, 4) is 6.07 Å². The third kappa shape index (κ3) is 3.61. The second-order valence-corrected chi connectivity index (χ2v) is 3.85. The molecule has 15 heavy (non-hydrogen) atoms. The highest BCUT2D eigenvalue weighted by Gasteiger charge is 2.01. The smallest absolute Gasteiger partial charge is 0.101 e. The van der Waals surface area contributed by atoms with Gasteiger partial charge in [-0.2, -0.15) is 5.26 Å². The first-order valence-electron chi connectivity index (χ1n) is 5.13. The van der Waals surface area contributed by atoms with Crippen LogP contribution in [0.4, 0.5) is 5.69 Å². The Morgan fingerprint density at radius 2 is 2.27 bits per heavy atom. The Kier molecular flexibility index (Phi) is 4.14. The topological polar surface area (TPSA) is 61.8 Å². The van der Waals surface area contributed by atoms with Crippen LogP contribution in [0.5, 0.6) is 0 Å². The van der Waals surface area contributed by atoms with Crippen LogP contribution in [-0.4, -0.2) is 12.6 Å². The number of aryl methyl sites for hydroxylation is 1. The van der Waals surface area contributed by atoms with E-state index in [1.165, 1.54) is 0 Å². The Morgan fingerprint density at radius 1 is 1.53 bits per heavy atom. The average Bonchev–Trinajstić information content (AvgIpc) is 2.19. The van der Waals surface area contributed by atoms with Crippen molar-refractivity contribution < 1.29 is 0 Å². The monoisotopic (exact) mass is 203 g/mol. The number of hydrogen-bond acceptors (Lipinski definition) is 3. The number of anilines is 1. The van der Waals surface area contributed by atoms with E-state index in [0.717, 1.165) is 24.2 Å². The van der Waals surface area contributed by atoms with Crippen molar-refractivity contribution in [1.29, 1.82) is 5.26 Å².